The summed E-state index contributed by atoms with van der Waals surface area (Å²) in [5, 5.41) is 56.1. The third-order valence-corrected chi connectivity index (χ3v) is 13.1. The molecule has 0 spiro atoms. The fourth-order valence-electron chi connectivity index (χ4n) is 10.0. The molecule has 62 heavy (non-hydrogen) atoms. The van der Waals surface area contributed by atoms with E-state index in [2.05, 4.69) is 119 Å². The molecule has 10 aromatic carbocycles. The van der Waals surface area contributed by atoms with Crippen molar-refractivity contribution in [2.24, 2.45) is 0 Å². The molecule has 0 aliphatic rings. The van der Waals surface area contributed by atoms with E-state index >= 15 is 0 Å². The van der Waals surface area contributed by atoms with Crippen molar-refractivity contribution >= 4 is 101 Å². The molecule has 8 heteroatoms. The second-order valence-electron chi connectivity index (χ2n) is 17.1. The summed E-state index contributed by atoms with van der Waals surface area (Å²) in [6.07, 6.45) is 6.48. The van der Waals surface area contributed by atoms with Crippen LogP contribution in [0.1, 0.15) is 49.7 Å². The van der Waals surface area contributed by atoms with Crippen molar-refractivity contribution in [2.75, 3.05) is 22.9 Å². The number of nitrogens with zero attached hydrogens (tertiary/aromatic N) is 2. The van der Waals surface area contributed by atoms with Crippen LogP contribution in [0.2, 0.25) is 0 Å². The van der Waals surface area contributed by atoms with Crippen molar-refractivity contribution in [3.05, 3.63) is 169 Å². The summed E-state index contributed by atoms with van der Waals surface area (Å²) in [6, 6.07) is 55.3. The molecule has 0 fully saturated rings. The summed E-state index contributed by atoms with van der Waals surface area (Å²) >= 11 is 0. The Balaban J connectivity index is 0.834. The van der Waals surface area contributed by atoms with Crippen molar-refractivity contribution in [1.82, 2.24) is 0 Å². The molecule has 0 radical (unpaired) electrons. The molecule has 0 atom stereocenters. The Labute approximate surface area is 363 Å². The zero-order valence-corrected chi connectivity index (χ0v) is 34.9. The minimum absolute atomic E-state index is 0.544. The summed E-state index contributed by atoms with van der Waals surface area (Å²) in [6.45, 7) is 2.86. The topological polar surface area (TPSA) is 87.4 Å². The van der Waals surface area contributed by atoms with Crippen molar-refractivity contribution in [3.63, 3.8) is 0 Å². The molecule has 10 aromatic rings. The maximum atomic E-state index is 10.2. The highest BCUT2D eigenvalue weighted by atomic mass is 16.4. The second-order valence-corrected chi connectivity index (χ2v) is 17.1. The maximum Gasteiger partial charge on any atom is 0.488 e. The Morgan fingerprint density at radius 3 is 0.984 bits per heavy atom. The Hall–Kier alpha value is -6.15. The van der Waals surface area contributed by atoms with E-state index in [1.165, 1.54) is 64.6 Å². The molecule has 0 saturated carbocycles. The van der Waals surface area contributed by atoms with Crippen LogP contribution >= 0.6 is 0 Å². The molecule has 0 saturated heterocycles. The number of anilines is 2. The normalized spacial score (nSPS) is 11.9. The molecule has 0 aliphatic carbocycles. The number of rotatable bonds is 17. The van der Waals surface area contributed by atoms with Crippen molar-refractivity contribution < 1.29 is 20.1 Å². The third kappa shape index (κ3) is 7.80. The highest BCUT2D eigenvalue weighted by Crippen LogP contribution is 2.39. The molecule has 4 N–H and O–H groups in total. The van der Waals surface area contributed by atoms with Crippen LogP contribution in [0.3, 0.4) is 0 Å². The molecule has 6 nitrogen and oxygen atoms in total. The van der Waals surface area contributed by atoms with Gasteiger partial charge in [0.2, 0.25) is 0 Å². The van der Waals surface area contributed by atoms with E-state index in [9.17, 15) is 20.1 Å². The number of hydrogen-bond acceptors (Lipinski definition) is 6. The van der Waals surface area contributed by atoms with Gasteiger partial charge in [-0.2, -0.15) is 0 Å². The van der Waals surface area contributed by atoms with Gasteiger partial charge >= 0.3 is 14.2 Å². The molecule has 0 heterocycles. The summed E-state index contributed by atoms with van der Waals surface area (Å²) < 4.78 is 0. The van der Waals surface area contributed by atoms with E-state index < -0.39 is 14.2 Å². The first-order valence-electron chi connectivity index (χ1n) is 22.1. The minimum Gasteiger partial charge on any atom is -0.423 e. The van der Waals surface area contributed by atoms with Crippen LogP contribution in [0.5, 0.6) is 0 Å². The number of benzene rings is 10. The quantitative estimate of drug-likeness (QED) is 0.0416. The van der Waals surface area contributed by atoms with E-state index in [4.69, 9.17) is 0 Å². The Kier molecular flexibility index (Phi) is 11.2. The van der Waals surface area contributed by atoms with Crippen LogP contribution in [0, 0.1) is 0 Å². The lowest BCUT2D eigenvalue weighted by molar-refractivity contribution is 0.424. The zero-order chi connectivity index (χ0) is 42.2. The van der Waals surface area contributed by atoms with Gasteiger partial charge < -0.3 is 29.9 Å². The molecule has 0 bridgehead atoms. The predicted octanol–water partition coefficient (Wildman–Crippen LogP) is 9.89. The fraction of sp³-hybridized carbons (Fsp3) is 0.185. The van der Waals surface area contributed by atoms with Crippen molar-refractivity contribution in [1.29, 1.82) is 0 Å². The lowest BCUT2D eigenvalue weighted by Gasteiger charge is -2.28. The average Bonchev–Trinajstić information content (AvgIpc) is 3.30. The number of unbranched alkanes of at least 4 members (excludes halogenated alkanes) is 5. The lowest BCUT2D eigenvalue weighted by atomic mass is 9.77. The van der Waals surface area contributed by atoms with E-state index in [0.717, 1.165) is 74.1 Å². The van der Waals surface area contributed by atoms with Crippen LogP contribution in [-0.4, -0.2) is 47.4 Å². The molecule has 0 aliphatic heterocycles. The number of hydrogen-bond donors (Lipinski definition) is 4. The first kappa shape index (κ1) is 40.0. The largest absolute Gasteiger partial charge is 0.488 e. The summed E-state index contributed by atoms with van der Waals surface area (Å²) in [5.41, 5.74) is 5.20. The first-order valence-corrected chi connectivity index (χ1v) is 22.1. The average molecular weight is 813 g/mol. The van der Waals surface area contributed by atoms with Gasteiger partial charge in [-0.05, 0) is 124 Å². The lowest BCUT2D eigenvalue weighted by Crippen LogP contribution is -2.36. The van der Waals surface area contributed by atoms with Gasteiger partial charge in [-0.15, -0.1) is 0 Å². The van der Waals surface area contributed by atoms with Crippen molar-refractivity contribution in [2.45, 2.75) is 51.6 Å². The second kappa shape index (κ2) is 17.3. The smallest absolute Gasteiger partial charge is 0.423 e. The standard InChI is InChI=1S/C54H50B2N2O4/c59-55(60)49-19-7-5-13-45(49)35-57(47-31-41-25-21-37-15-11-16-38-22-26-42(32-47)53(41)51(37)38)29-9-3-1-2-4-10-30-58(36-46-14-6-8-20-50(46)56(61)62)48-33-43-27-23-39-17-12-18-40-24-28-44(34-48)54(43)52(39)40/h5-8,11-28,31-34,59-62H,1-4,9-10,29-30,35-36H2. The van der Waals surface area contributed by atoms with Crippen molar-refractivity contribution in [3.8, 4) is 0 Å². The maximum absolute atomic E-state index is 10.2. The molecule has 306 valence electrons. The highest BCUT2D eigenvalue weighted by Gasteiger charge is 2.21. The van der Waals surface area contributed by atoms with Crippen LogP contribution in [0.25, 0.3) is 64.6 Å². The van der Waals surface area contributed by atoms with Crippen LogP contribution in [-0.2, 0) is 13.1 Å². The molecule has 0 aromatic heterocycles. The SMILES string of the molecule is OB(O)c1ccccc1CN(CCCCCCCCN(Cc1ccccc1B(O)O)c1cc2ccc3cccc4ccc(c1)c2c34)c1cc2ccc3cccc4ccc(c1)c2c34. The van der Waals surface area contributed by atoms with Gasteiger partial charge in [0.25, 0.3) is 0 Å². The summed E-state index contributed by atoms with van der Waals surface area (Å²) in [5.74, 6) is 0. The van der Waals surface area contributed by atoms with Gasteiger partial charge in [0, 0.05) is 37.6 Å². The molecular weight excluding hydrogens is 762 g/mol. The predicted molar refractivity (Wildman–Crippen MR) is 263 cm³/mol. The van der Waals surface area contributed by atoms with Gasteiger partial charge in [-0.1, -0.05) is 159 Å². The Bertz CT molecular complexity index is 2810. The zero-order valence-electron chi connectivity index (χ0n) is 34.9. The van der Waals surface area contributed by atoms with E-state index in [1.54, 1.807) is 12.1 Å². The van der Waals surface area contributed by atoms with E-state index in [1.807, 2.05) is 36.4 Å². The Morgan fingerprint density at radius 2 is 0.629 bits per heavy atom. The summed E-state index contributed by atoms with van der Waals surface area (Å²) in [4.78, 5) is 4.81. The van der Waals surface area contributed by atoms with Crippen LogP contribution in [0.15, 0.2) is 158 Å². The third-order valence-electron chi connectivity index (χ3n) is 13.1. The molecule has 0 amide bonds. The monoisotopic (exact) mass is 812 g/mol. The van der Waals surface area contributed by atoms with E-state index in [0.29, 0.717) is 24.0 Å². The minimum atomic E-state index is -1.53. The van der Waals surface area contributed by atoms with Crippen LogP contribution in [0.4, 0.5) is 11.4 Å². The van der Waals surface area contributed by atoms with Gasteiger partial charge in [-0.25, -0.2) is 0 Å². The van der Waals surface area contributed by atoms with E-state index in [-0.39, 0.29) is 0 Å². The van der Waals surface area contributed by atoms with Gasteiger partial charge in [-0.3, -0.25) is 0 Å². The summed E-state index contributed by atoms with van der Waals surface area (Å²) in [7, 11) is -3.06. The highest BCUT2D eigenvalue weighted by molar-refractivity contribution is 6.59. The fourth-order valence-corrected chi connectivity index (χ4v) is 10.0. The Morgan fingerprint density at radius 1 is 0.323 bits per heavy atom. The molecular formula is C54H50B2N2O4. The van der Waals surface area contributed by atoms with Crippen LogP contribution < -0.4 is 20.7 Å². The van der Waals surface area contributed by atoms with Gasteiger partial charge in [0.05, 0.1) is 0 Å². The molecule has 10 rings (SSSR count). The van der Waals surface area contributed by atoms with Gasteiger partial charge in [0.1, 0.15) is 0 Å². The van der Waals surface area contributed by atoms with Gasteiger partial charge in [0.15, 0.2) is 0 Å². The first-order chi connectivity index (χ1) is 30.4. The molecule has 0 unspecified atom stereocenters.